The number of hydrogen-bond acceptors (Lipinski definition) is 6. The fourth-order valence-electron chi connectivity index (χ4n) is 3.48. The summed E-state index contributed by atoms with van der Waals surface area (Å²) in [4.78, 5) is 32.2. The molecule has 9 nitrogen and oxygen atoms in total. The number of anilines is 1. The number of piperidine rings is 1. The highest BCUT2D eigenvalue weighted by Gasteiger charge is 2.35. The second-order valence-corrected chi connectivity index (χ2v) is 8.18. The normalized spacial score (nSPS) is 15.7. The highest BCUT2D eigenvalue weighted by molar-refractivity contribution is 5.67. The van der Waals surface area contributed by atoms with Crippen LogP contribution in [0.5, 0.6) is 0 Å². The molecule has 0 atom stereocenters. The molecule has 2 heterocycles. The quantitative estimate of drug-likeness (QED) is 0.607. The van der Waals surface area contributed by atoms with E-state index in [0.29, 0.717) is 37.3 Å². The van der Waals surface area contributed by atoms with E-state index in [4.69, 9.17) is 0 Å². The van der Waals surface area contributed by atoms with Gasteiger partial charge in [0.2, 0.25) is 0 Å². The second-order valence-electron chi connectivity index (χ2n) is 8.18. The lowest BCUT2D eigenvalue weighted by Gasteiger charge is -2.43. The number of aromatic nitrogens is 1. The Morgan fingerprint density at radius 2 is 1.96 bits per heavy atom. The Balaban J connectivity index is 2.19. The van der Waals surface area contributed by atoms with Gasteiger partial charge in [0.1, 0.15) is 12.0 Å². The van der Waals surface area contributed by atoms with E-state index in [0.717, 1.165) is 0 Å². The van der Waals surface area contributed by atoms with Crippen LogP contribution in [-0.2, 0) is 0 Å². The van der Waals surface area contributed by atoms with Crippen molar-refractivity contribution in [3.63, 3.8) is 0 Å². The lowest BCUT2D eigenvalue weighted by Crippen LogP contribution is -2.54. The molecule has 0 radical (unpaired) electrons. The van der Waals surface area contributed by atoms with Crippen molar-refractivity contribution < 1.29 is 14.8 Å². The van der Waals surface area contributed by atoms with Gasteiger partial charge in [0.25, 0.3) is 5.69 Å². The predicted octanol–water partition coefficient (Wildman–Crippen LogP) is 3.27. The third-order valence-electron chi connectivity index (χ3n) is 4.73. The summed E-state index contributed by atoms with van der Waals surface area (Å²) in [6.07, 6.45) is 5.20. The van der Waals surface area contributed by atoms with Gasteiger partial charge in [-0.15, -0.1) is 0 Å². The minimum atomic E-state index is -0.907. The molecule has 0 spiro atoms. The van der Waals surface area contributed by atoms with Crippen LogP contribution >= 0.6 is 0 Å². The molecular formula is C19H29N5O4. The number of carbonyl (C=O) groups is 1. The average Bonchev–Trinajstić information content (AvgIpc) is 2.58. The summed E-state index contributed by atoms with van der Waals surface area (Å²) < 4.78 is 0. The number of pyridine rings is 1. The molecule has 9 heteroatoms. The van der Waals surface area contributed by atoms with Gasteiger partial charge in [-0.1, -0.05) is 0 Å². The van der Waals surface area contributed by atoms with E-state index >= 15 is 0 Å². The first-order valence-electron chi connectivity index (χ1n) is 9.27. The van der Waals surface area contributed by atoms with E-state index in [-0.39, 0.29) is 11.7 Å². The molecule has 28 heavy (non-hydrogen) atoms. The van der Waals surface area contributed by atoms with Crippen LogP contribution in [0.1, 0.15) is 39.2 Å². The Morgan fingerprint density at radius 3 is 2.43 bits per heavy atom. The second kappa shape index (κ2) is 8.45. The summed E-state index contributed by atoms with van der Waals surface area (Å²) in [7, 11) is 3.69. The zero-order valence-electron chi connectivity index (χ0n) is 17.1. The van der Waals surface area contributed by atoms with Gasteiger partial charge in [-0.2, -0.15) is 0 Å². The van der Waals surface area contributed by atoms with Crippen molar-refractivity contribution in [2.24, 2.45) is 0 Å². The van der Waals surface area contributed by atoms with E-state index in [1.807, 2.05) is 39.8 Å². The van der Waals surface area contributed by atoms with Crippen molar-refractivity contribution in [1.29, 1.82) is 0 Å². The largest absolute Gasteiger partial charge is 0.465 e. The highest BCUT2D eigenvalue weighted by Crippen LogP contribution is 2.29. The summed E-state index contributed by atoms with van der Waals surface area (Å²) in [5, 5.41) is 20.9. The Kier molecular flexibility index (Phi) is 6.48. The molecule has 1 aromatic rings. The van der Waals surface area contributed by atoms with Gasteiger partial charge in [0.15, 0.2) is 0 Å². The van der Waals surface area contributed by atoms with Crippen molar-refractivity contribution in [2.75, 3.05) is 32.1 Å². The molecule has 1 N–H and O–H groups in total. The van der Waals surface area contributed by atoms with Crippen molar-refractivity contribution in [3.8, 4) is 0 Å². The number of nitrogens with zero attached hydrogens (tertiary/aromatic N) is 5. The molecule has 0 aromatic carbocycles. The first-order chi connectivity index (χ1) is 13.0. The lowest BCUT2D eigenvalue weighted by atomic mass is 9.97. The Hall–Kier alpha value is -2.84. The summed E-state index contributed by atoms with van der Waals surface area (Å²) in [6.45, 7) is 6.98. The van der Waals surface area contributed by atoms with Crippen LogP contribution in [0.4, 0.5) is 16.3 Å². The topological polar surface area (TPSA) is 103 Å². The van der Waals surface area contributed by atoms with Gasteiger partial charge in [-0.3, -0.25) is 10.1 Å². The Labute approximate surface area is 165 Å². The van der Waals surface area contributed by atoms with E-state index < -0.39 is 16.6 Å². The molecule has 0 aliphatic carbocycles. The maximum absolute atomic E-state index is 11.7. The SMILES string of the molecule is CN(C)/C=C/c1cc(N2CCC(N(C(=O)O)C(C)(C)C)CC2)ncc1[N+](=O)[O-]. The van der Waals surface area contributed by atoms with Crippen LogP contribution in [0.2, 0.25) is 0 Å². The van der Waals surface area contributed by atoms with E-state index in [9.17, 15) is 20.0 Å². The average molecular weight is 391 g/mol. The summed E-state index contributed by atoms with van der Waals surface area (Å²) >= 11 is 0. The smallest absolute Gasteiger partial charge is 0.407 e. The highest BCUT2D eigenvalue weighted by atomic mass is 16.6. The van der Waals surface area contributed by atoms with Crippen LogP contribution in [0, 0.1) is 10.1 Å². The molecule has 1 amide bonds. The van der Waals surface area contributed by atoms with Gasteiger partial charge in [-0.25, -0.2) is 9.78 Å². The van der Waals surface area contributed by atoms with Crippen molar-refractivity contribution in [3.05, 3.63) is 34.1 Å². The predicted molar refractivity (Wildman–Crippen MR) is 108 cm³/mol. The van der Waals surface area contributed by atoms with E-state index in [1.165, 1.54) is 11.1 Å². The van der Waals surface area contributed by atoms with Gasteiger partial charge >= 0.3 is 6.09 Å². The molecule has 1 fully saturated rings. The third kappa shape index (κ3) is 5.11. The fraction of sp³-hybridized carbons (Fsp3) is 0.579. The fourth-order valence-corrected chi connectivity index (χ4v) is 3.48. The zero-order chi connectivity index (χ0) is 21.1. The summed E-state index contributed by atoms with van der Waals surface area (Å²) in [6, 6.07) is 1.66. The van der Waals surface area contributed by atoms with Gasteiger partial charge in [0.05, 0.1) is 10.5 Å². The Bertz CT molecular complexity index is 749. The van der Waals surface area contributed by atoms with Crippen LogP contribution in [0.15, 0.2) is 18.5 Å². The van der Waals surface area contributed by atoms with Crippen LogP contribution in [0.25, 0.3) is 6.08 Å². The summed E-state index contributed by atoms with van der Waals surface area (Å²) in [5.74, 6) is 0.667. The lowest BCUT2D eigenvalue weighted by molar-refractivity contribution is -0.385. The molecule has 1 saturated heterocycles. The molecule has 0 bridgehead atoms. The molecule has 154 valence electrons. The van der Waals surface area contributed by atoms with Gasteiger partial charge < -0.3 is 19.8 Å². The Morgan fingerprint density at radius 1 is 1.36 bits per heavy atom. The maximum atomic E-state index is 11.7. The number of rotatable bonds is 5. The number of carboxylic acid groups (broad SMARTS) is 1. The van der Waals surface area contributed by atoms with Crippen molar-refractivity contribution >= 4 is 23.7 Å². The van der Waals surface area contributed by atoms with Gasteiger partial charge in [-0.05, 0) is 52.0 Å². The molecule has 1 aliphatic rings. The molecule has 0 saturated carbocycles. The van der Waals surface area contributed by atoms with E-state index in [1.54, 1.807) is 18.3 Å². The third-order valence-corrected chi connectivity index (χ3v) is 4.73. The number of nitro groups is 1. The van der Waals surface area contributed by atoms with E-state index in [2.05, 4.69) is 9.88 Å². The minimum absolute atomic E-state index is 0.0403. The first kappa shape index (κ1) is 21.5. The summed E-state index contributed by atoms with van der Waals surface area (Å²) in [5.41, 5.74) is -0.0109. The molecule has 1 aliphatic heterocycles. The zero-order valence-corrected chi connectivity index (χ0v) is 17.1. The molecule has 2 rings (SSSR count). The monoisotopic (exact) mass is 391 g/mol. The van der Waals surface area contributed by atoms with Crippen molar-refractivity contribution in [2.45, 2.75) is 45.2 Å². The van der Waals surface area contributed by atoms with Crippen LogP contribution in [0.3, 0.4) is 0 Å². The maximum Gasteiger partial charge on any atom is 0.407 e. The minimum Gasteiger partial charge on any atom is -0.465 e. The van der Waals surface area contributed by atoms with Gasteiger partial charge in [0, 0.05) is 38.8 Å². The standard InChI is InChI=1S/C19H29N5O4/c1-19(2,3)23(18(25)26)15-7-10-22(11-8-15)17-12-14(6-9-21(4)5)16(13-20-17)24(27)28/h6,9,12-13,15H,7-8,10-11H2,1-5H3,(H,25,26)/b9-6+. The number of hydrogen-bond donors (Lipinski definition) is 1. The van der Waals surface area contributed by atoms with Crippen molar-refractivity contribution in [1.82, 2.24) is 14.8 Å². The molecule has 1 aromatic heterocycles. The van der Waals surface area contributed by atoms with Crippen LogP contribution in [-0.4, -0.2) is 69.7 Å². The molecular weight excluding hydrogens is 362 g/mol. The van der Waals surface area contributed by atoms with Crippen LogP contribution < -0.4 is 4.90 Å². The molecule has 0 unspecified atom stereocenters. The number of amides is 1. The first-order valence-corrected chi connectivity index (χ1v) is 9.27.